The van der Waals surface area contributed by atoms with Crippen LogP contribution in [-0.2, 0) is 6.54 Å². The van der Waals surface area contributed by atoms with Gasteiger partial charge in [0.05, 0.1) is 11.0 Å². The molecule has 0 atom stereocenters. The first-order valence-corrected chi connectivity index (χ1v) is 12.5. The molecule has 7 aromatic rings. The highest BCUT2D eigenvalue weighted by Crippen LogP contribution is 2.34. The van der Waals surface area contributed by atoms with Gasteiger partial charge in [0.25, 0.3) is 0 Å². The van der Waals surface area contributed by atoms with Crippen LogP contribution in [0.15, 0.2) is 109 Å². The second kappa shape index (κ2) is 7.92. The summed E-state index contributed by atoms with van der Waals surface area (Å²) in [6, 6.07) is 35.4. The van der Waals surface area contributed by atoms with Crippen molar-refractivity contribution in [3.63, 3.8) is 0 Å². The molecule has 0 N–H and O–H groups in total. The zero-order valence-corrected chi connectivity index (χ0v) is 19.9. The van der Waals surface area contributed by atoms with Crippen LogP contribution in [0.5, 0.6) is 0 Å². The molecule has 3 heteroatoms. The summed E-state index contributed by atoms with van der Waals surface area (Å²) in [5.41, 5.74) is 7.49. The number of benzene rings is 4. The van der Waals surface area contributed by atoms with Gasteiger partial charge in [0.15, 0.2) is 0 Å². The van der Waals surface area contributed by atoms with Crippen molar-refractivity contribution in [2.75, 3.05) is 0 Å². The molecular formula is C32H27N3. The summed E-state index contributed by atoms with van der Waals surface area (Å²) in [5.74, 6) is 0. The molecule has 170 valence electrons. The maximum absolute atomic E-state index is 2.50. The van der Waals surface area contributed by atoms with Crippen LogP contribution in [-0.4, -0.2) is 13.7 Å². The number of para-hydroxylation sites is 2. The van der Waals surface area contributed by atoms with E-state index in [2.05, 4.69) is 130 Å². The molecule has 4 aromatic carbocycles. The highest BCUT2D eigenvalue weighted by molar-refractivity contribution is 6.09. The van der Waals surface area contributed by atoms with Gasteiger partial charge >= 0.3 is 0 Å². The van der Waals surface area contributed by atoms with Crippen molar-refractivity contribution in [1.29, 1.82) is 0 Å². The average Bonchev–Trinajstić information content (AvgIpc) is 3.61. The molecule has 0 spiro atoms. The molecule has 0 unspecified atom stereocenters. The number of hydrogen-bond acceptors (Lipinski definition) is 0. The summed E-state index contributed by atoms with van der Waals surface area (Å²) in [6.07, 6.45) is 6.72. The average molecular weight is 454 g/mol. The zero-order valence-electron chi connectivity index (χ0n) is 19.9. The van der Waals surface area contributed by atoms with Crippen LogP contribution in [0, 0.1) is 0 Å². The smallest absolute Gasteiger partial charge is 0.0528 e. The normalized spacial score (nSPS) is 11.9. The largest absolute Gasteiger partial charge is 0.340 e. The third-order valence-electron chi connectivity index (χ3n) is 7.32. The van der Waals surface area contributed by atoms with E-state index in [0.29, 0.717) is 0 Å². The molecule has 0 fully saturated rings. The molecule has 0 aliphatic carbocycles. The first-order chi connectivity index (χ1) is 17.3. The van der Waals surface area contributed by atoms with Crippen LogP contribution in [0.4, 0.5) is 0 Å². The minimum atomic E-state index is 1.04. The van der Waals surface area contributed by atoms with Crippen molar-refractivity contribution in [3.8, 4) is 11.4 Å². The summed E-state index contributed by atoms with van der Waals surface area (Å²) in [4.78, 5) is 0. The minimum Gasteiger partial charge on any atom is -0.340 e. The molecule has 35 heavy (non-hydrogen) atoms. The minimum absolute atomic E-state index is 1.04. The molecule has 0 radical (unpaired) electrons. The topological polar surface area (TPSA) is 14.8 Å². The lowest BCUT2D eigenvalue weighted by atomic mass is 10.1. The second-order valence-electron chi connectivity index (χ2n) is 9.40. The van der Waals surface area contributed by atoms with Gasteiger partial charge in [-0.1, -0.05) is 49.7 Å². The first-order valence-electron chi connectivity index (χ1n) is 12.5. The van der Waals surface area contributed by atoms with E-state index in [1.807, 2.05) is 0 Å². The number of rotatable bonds is 5. The fraction of sp³-hybridized carbons (Fsp3) is 0.125. The molecule has 0 aliphatic rings. The Balaban J connectivity index is 1.47. The lowest BCUT2D eigenvalue weighted by Crippen LogP contribution is -1.98. The Morgan fingerprint density at radius 2 is 1.06 bits per heavy atom. The van der Waals surface area contributed by atoms with E-state index in [1.54, 1.807) is 0 Å². The van der Waals surface area contributed by atoms with Crippen LogP contribution in [0.25, 0.3) is 55.0 Å². The molecule has 3 nitrogen and oxygen atoms in total. The van der Waals surface area contributed by atoms with E-state index in [0.717, 1.165) is 6.54 Å². The lowest BCUT2D eigenvalue weighted by Gasteiger charge is -2.09. The summed E-state index contributed by atoms with van der Waals surface area (Å²) in [6.45, 7) is 3.30. The Bertz CT molecular complexity index is 1710. The van der Waals surface area contributed by atoms with E-state index in [4.69, 9.17) is 0 Å². The molecule has 0 bridgehead atoms. The van der Waals surface area contributed by atoms with Crippen molar-refractivity contribution in [2.24, 2.45) is 0 Å². The lowest BCUT2D eigenvalue weighted by molar-refractivity contribution is 0.665. The van der Waals surface area contributed by atoms with Crippen molar-refractivity contribution < 1.29 is 0 Å². The predicted molar refractivity (Wildman–Crippen MR) is 148 cm³/mol. The van der Waals surface area contributed by atoms with E-state index in [-0.39, 0.29) is 0 Å². The van der Waals surface area contributed by atoms with Gasteiger partial charge in [0.2, 0.25) is 0 Å². The number of unbranched alkanes of at least 4 members (excludes halogenated alkanes) is 1. The van der Waals surface area contributed by atoms with Gasteiger partial charge in [-0.2, -0.15) is 0 Å². The molecule has 0 saturated heterocycles. The fourth-order valence-electron chi connectivity index (χ4n) is 5.55. The number of hydrogen-bond donors (Lipinski definition) is 0. The third-order valence-corrected chi connectivity index (χ3v) is 7.32. The van der Waals surface area contributed by atoms with Crippen molar-refractivity contribution >= 4 is 43.6 Å². The standard InChI is InChI=1S/C32H27N3/c1-2-3-18-35-31-14-12-25(33-19-16-23-8-4-6-10-29(23)33)21-27(31)28-22-26(13-15-32(28)35)34-20-17-24-9-5-7-11-30(24)34/h4-17,19-22H,2-3,18H2,1H3. The van der Waals surface area contributed by atoms with Gasteiger partial charge in [0, 0.05) is 52.1 Å². The quantitative estimate of drug-likeness (QED) is 0.248. The van der Waals surface area contributed by atoms with E-state index in [9.17, 15) is 0 Å². The van der Waals surface area contributed by atoms with Crippen LogP contribution < -0.4 is 0 Å². The van der Waals surface area contributed by atoms with Crippen molar-refractivity contribution in [1.82, 2.24) is 13.7 Å². The predicted octanol–water partition coefficient (Wildman–Crippen LogP) is 8.48. The number of aromatic nitrogens is 3. The molecule has 0 saturated carbocycles. The van der Waals surface area contributed by atoms with E-state index < -0.39 is 0 Å². The summed E-state index contributed by atoms with van der Waals surface area (Å²) in [5, 5.41) is 5.15. The van der Waals surface area contributed by atoms with Gasteiger partial charge in [-0.3, -0.25) is 0 Å². The Morgan fingerprint density at radius 3 is 1.57 bits per heavy atom. The Kier molecular flexibility index (Phi) is 4.56. The SMILES string of the molecule is CCCCn1c2ccc(-n3ccc4ccccc43)cc2c2cc(-n3ccc4ccccc43)ccc21. The summed E-state index contributed by atoms with van der Waals surface area (Å²) >= 11 is 0. The number of nitrogens with zero attached hydrogens (tertiary/aromatic N) is 3. The maximum Gasteiger partial charge on any atom is 0.0528 e. The van der Waals surface area contributed by atoms with Crippen LogP contribution in [0.2, 0.25) is 0 Å². The molecule has 3 heterocycles. The molecular weight excluding hydrogens is 426 g/mol. The van der Waals surface area contributed by atoms with Crippen molar-refractivity contribution in [2.45, 2.75) is 26.3 Å². The van der Waals surface area contributed by atoms with Gasteiger partial charge in [-0.25, -0.2) is 0 Å². The maximum atomic E-state index is 2.50. The first kappa shape index (κ1) is 20.2. The van der Waals surface area contributed by atoms with Gasteiger partial charge in [0.1, 0.15) is 0 Å². The van der Waals surface area contributed by atoms with Gasteiger partial charge in [-0.05, 0) is 77.9 Å². The van der Waals surface area contributed by atoms with E-state index in [1.165, 1.54) is 67.8 Å². The molecule has 0 amide bonds. The van der Waals surface area contributed by atoms with Crippen molar-refractivity contribution in [3.05, 3.63) is 109 Å². The summed E-state index contributed by atoms with van der Waals surface area (Å²) in [7, 11) is 0. The summed E-state index contributed by atoms with van der Waals surface area (Å²) < 4.78 is 7.10. The Labute approximate surface area is 204 Å². The second-order valence-corrected chi connectivity index (χ2v) is 9.40. The highest BCUT2D eigenvalue weighted by atomic mass is 15.0. The Hall–Kier alpha value is -4.24. The Morgan fingerprint density at radius 1 is 0.543 bits per heavy atom. The zero-order chi connectivity index (χ0) is 23.4. The van der Waals surface area contributed by atoms with Gasteiger partial charge in [-0.15, -0.1) is 0 Å². The van der Waals surface area contributed by atoms with Gasteiger partial charge < -0.3 is 13.7 Å². The highest BCUT2D eigenvalue weighted by Gasteiger charge is 2.14. The molecule has 0 aliphatic heterocycles. The van der Waals surface area contributed by atoms with Crippen LogP contribution in [0.1, 0.15) is 19.8 Å². The van der Waals surface area contributed by atoms with E-state index >= 15 is 0 Å². The van der Waals surface area contributed by atoms with Crippen LogP contribution >= 0.6 is 0 Å². The fourth-order valence-corrected chi connectivity index (χ4v) is 5.55. The number of aryl methyl sites for hydroxylation is 1. The third kappa shape index (κ3) is 3.12. The molecule has 7 rings (SSSR count). The molecule has 3 aromatic heterocycles. The number of fused-ring (bicyclic) bond motifs is 5. The van der Waals surface area contributed by atoms with Crippen LogP contribution in [0.3, 0.4) is 0 Å². The monoisotopic (exact) mass is 453 g/mol.